The number of benzene rings is 3. The fourth-order valence-corrected chi connectivity index (χ4v) is 6.92. The van der Waals surface area contributed by atoms with Gasteiger partial charge in [0.25, 0.3) is 0 Å². The van der Waals surface area contributed by atoms with Crippen molar-refractivity contribution in [3.05, 3.63) is 124 Å². The monoisotopic (exact) mass is 692 g/mol. The maximum absolute atomic E-state index is 14.1. The summed E-state index contributed by atoms with van der Waals surface area (Å²) >= 11 is 1.06. The molecule has 3 atom stereocenters. The summed E-state index contributed by atoms with van der Waals surface area (Å²) in [6, 6.07) is 25.5. The predicted molar refractivity (Wildman–Crippen MR) is 187 cm³/mol. The molecule has 0 unspecified atom stereocenters. The van der Waals surface area contributed by atoms with Gasteiger partial charge in [-0.25, -0.2) is 9.79 Å². The highest BCUT2D eigenvalue weighted by Gasteiger charge is 2.37. The zero-order valence-corrected chi connectivity index (χ0v) is 27.8. The molecule has 0 bridgehead atoms. The van der Waals surface area contributed by atoms with Gasteiger partial charge in [-0.3, -0.25) is 4.79 Å². The molecule has 3 N–H and O–H groups in total. The number of para-hydroxylation sites is 1. The largest absolute Gasteiger partial charge is 0.453 e. The third kappa shape index (κ3) is 10.1. The Balaban J connectivity index is 1.26. The van der Waals surface area contributed by atoms with Gasteiger partial charge < -0.3 is 25.4 Å². The smallest absolute Gasteiger partial charge is 0.415 e. The van der Waals surface area contributed by atoms with Gasteiger partial charge in [-0.2, -0.15) is 13.2 Å². The fraction of sp³-hybridized carbons (Fsp3) is 0.324. The average molecular weight is 693 g/mol. The van der Waals surface area contributed by atoms with Crippen LogP contribution < -0.4 is 16.0 Å². The number of allylic oxidation sites excluding steroid dienone is 3. The first-order chi connectivity index (χ1) is 23.7. The van der Waals surface area contributed by atoms with Crippen LogP contribution in [0.15, 0.2) is 113 Å². The third-order valence-electron chi connectivity index (χ3n) is 8.27. The van der Waals surface area contributed by atoms with Crippen molar-refractivity contribution in [2.45, 2.75) is 49.6 Å². The molecule has 0 radical (unpaired) electrons. The summed E-state index contributed by atoms with van der Waals surface area (Å²) in [4.78, 5) is 30.6. The van der Waals surface area contributed by atoms with E-state index in [2.05, 4.69) is 20.9 Å². The van der Waals surface area contributed by atoms with Crippen molar-refractivity contribution in [3.63, 3.8) is 0 Å². The van der Waals surface area contributed by atoms with Crippen LogP contribution >= 0.6 is 11.8 Å². The average Bonchev–Trinajstić information content (AvgIpc) is 3.37. The lowest BCUT2D eigenvalue weighted by atomic mass is 9.84. The molecule has 49 heavy (non-hydrogen) atoms. The number of carbonyl (C=O) groups is 2. The van der Waals surface area contributed by atoms with Gasteiger partial charge in [0, 0.05) is 36.7 Å². The summed E-state index contributed by atoms with van der Waals surface area (Å²) in [5.74, 6) is -0.596. The maximum Gasteiger partial charge on any atom is 0.415 e. The highest BCUT2D eigenvalue weighted by atomic mass is 32.2. The van der Waals surface area contributed by atoms with Gasteiger partial charge in [0.05, 0.1) is 24.9 Å². The normalized spacial score (nSPS) is 18.6. The molecule has 8 nitrogen and oxygen atoms in total. The van der Waals surface area contributed by atoms with E-state index in [0.717, 1.165) is 28.5 Å². The standard InChI is InChI=1S/C37H39F3N4O4S/c1-47-36(46)44-33(32(26-13-4-2-5-14-26)27-15-6-3-7-16-27)34(45)43-31-18-9-8-12-25(31)19-20-28-22-41-23-29(48-28)24-49-35-30(37(38,39)40)17-10-11-21-42-35/h2-16,18,21,28-29,32-33,41H,17,19-20,22-24H2,1H3,(H,43,45)(H,44,46)/t28-,29+,33+/m1/s1. The number of morpholine rings is 1. The van der Waals surface area contributed by atoms with Gasteiger partial charge in [0.15, 0.2) is 0 Å². The topological polar surface area (TPSA) is 101 Å². The molecule has 5 rings (SSSR count). The lowest BCUT2D eigenvalue weighted by Crippen LogP contribution is -2.48. The number of thioether (sulfide) groups is 1. The van der Waals surface area contributed by atoms with Gasteiger partial charge in [0.1, 0.15) is 11.1 Å². The number of hydrogen-bond acceptors (Lipinski definition) is 7. The molecular weight excluding hydrogens is 653 g/mol. The minimum Gasteiger partial charge on any atom is -0.453 e. The van der Waals surface area contributed by atoms with Gasteiger partial charge in [0.2, 0.25) is 5.91 Å². The number of aryl methyl sites for hydroxylation is 1. The molecule has 3 aromatic rings. The number of nitrogens with zero attached hydrogens (tertiary/aromatic N) is 1. The summed E-state index contributed by atoms with van der Waals surface area (Å²) in [6.07, 6.45) is -0.344. The Kier molecular flexibility index (Phi) is 12.7. The molecule has 1 saturated heterocycles. The van der Waals surface area contributed by atoms with Crippen LogP contribution in [0.1, 0.15) is 35.4 Å². The summed E-state index contributed by atoms with van der Waals surface area (Å²) in [5, 5.41) is 9.12. The second-order valence-electron chi connectivity index (χ2n) is 11.6. The number of nitrogens with one attached hydrogen (secondary N) is 3. The zero-order chi connectivity index (χ0) is 34.6. The Morgan fingerprint density at radius 3 is 2.31 bits per heavy atom. The number of amides is 2. The zero-order valence-electron chi connectivity index (χ0n) is 27.0. The summed E-state index contributed by atoms with van der Waals surface area (Å²) < 4.78 is 52.0. The van der Waals surface area contributed by atoms with E-state index in [9.17, 15) is 22.8 Å². The van der Waals surface area contributed by atoms with Crippen LogP contribution in [0, 0.1) is 0 Å². The number of aliphatic imine (C=N–C) groups is 1. The van der Waals surface area contributed by atoms with E-state index in [-0.39, 0.29) is 23.7 Å². The molecule has 12 heteroatoms. The minimum atomic E-state index is -4.45. The van der Waals surface area contributed by atoms with E-state index in [1.54, 1.807) is 0 Å². The van der Waals surface area contributed by atoms with Crippen molar-refractivity contribution >= 4 is 35.7 Å². The van der Waals surface area contributed by atoms with Crippen molar-refractivity contribution in [3.8, 4) is 0 Å². The molecular formula is C37H39F3N4O4S. The number of carbonyl (C=O) groups excluding carboxylic acids is 2. The Hall–Kier alpha value is -4.39. The van der Waals surface area contributed by atoms with Crippen LogP contribution in [0.2, 0.25) is 0 Å². The SMILES string of the molecule is COC(=O)N[C@H](C(=O)Nc1ccccc1CC[C@@H]1CNC[C@@H](CSC2=C(C(F)(F)F)CC=CC=N2)O1)C(c1ccccc1)c1ccccc1. The maximum atomic E-state index is 14.1. The lowest BCUT2D eigenvalue weighted by Gasteiger charge is -2.31. The van der Waals surface area contributed by atoms with Crippen molar-refractivity contribution in [1.82, 2.24) is 10.6 Å². The molecule has 3 aromatic carbocycles. The predicted octanol–water partition coefficient (Wildman–Crippen LogP) is 7.01. The highest BCUT2D eigenvalue weighted by molar-refractivity contribution is 8.03. The van der Waals surface area contributed by atoms with Crippen molar-refractivity contribution < 1.29 is 32.2 Å². The van der Waals surface area contributed by atoms with Crippen LogP contribution in [-0.4, -0.2) is 68.6 Å². The van der Waals surface area contributed by atoms with Crippen LogP contribution in [0.3, 0.4) is 0 Å². The molecule has 2 amide bonds. The molecule has 0 saturated carbocycles. The van der Waals surface area contributed by atoms with Gasteiger partial charge >= 0.3 is 12.3 Å². The Morgan fingerprint density at radius 1 is 0.980 bits per heavy atom. The summed E-state index contributed by atoms with van der Waals surface area (Å²) in [6.45, 7) is 1.11. The highest BCUT2D eigenvalue weighted by Crippen LogP contribution is 2.37. The number of hydrogen-bond donors (Lipinski definition) is 3. The quantitative estimate of drug-likeness (QED) is 0.189. The molecule has 2 aliphatic heterocycles. The van der Waals surface area contributed by atoms with Crippen LogP contribution in [0.5, 0.6) is 0 Å². The number of ether oxygens (including phenoxy) is 2. The van der Waals surface area contributed by atoms with Gasteiger partial charge in [-0.1, -0.05) is 84.9 Å². The number of alkyl halides is 3. The van der Waals surface area contributed by atoms with E-state index in [1.165, 1.54) is 25.5 Å². The Morgan fingerprint density at radius 2 is 1.63 bits per heavy atom. The molecule has 2 aliphatic rings. The second kappa shape index (κ2) is 17.3. The van der Waals surface area contributed by atoms with E-state index in [1.807, 2.05) is 84.9 Å². The number of alkyl carbamates (subject to hydrolysis) is 1. The summed E-state index contributed by atoms with van der Waals surface area (Å²) in [5.41, 5.74) is 2.53. The second-order valence-corrected chi connectivity index (χ2v) is 12.6. The molecule has 1 fully saturated rings. The molecule has 0 aromatic heterocycles. The number of anilines is 1. The van der Waals surface area contributed by atoms with Crippen molar-refractivity contribution in [1.29, 1.82) is 0 Å². The van der Waals surface area contributed by atoms with E-state index in [0.29, 0.717) is 37.4 Å². The van der Waals surface area contributed by atoms with E-state index >= 15 is 0 Å². The van der Waals surface area contributed by atoms with Gasteiger partial charge in [-0.05, 0) is 48.1 Å². The Bertz CT molecular complexity index is 1610. The van der Waals surface area contributed by atoms with Crippen LogP contribution in [0.4, 0.5) is 23.7 Å². The van der Waals surface area contributed by atoms with E-state index in [4.69, 9.17) is 9.47 Å². The first-order valence-corrected chi connectivity index (χ1v) is 17.0. The first kappa shape index (κ1) is 35.9. The molecule has 0 aliphatic carbocycles. The molecule has 258 valence electrons. The van der Waals surface area contributed by atoms with Crippen molar-refractivity contribution in [2.75, 3.05) is 31.3 Å². The van der Waals surface area contributed by atoms with Gasteiger partial charge in [-0.15, -0.1) is 11.8 Å². The third-order valence-corrected chi connectivity index (χ3v) is 9.44. The molecule has 0 spiro atoms. The van der Waals surface area contributed by atoms with Crippen LogP contribution in [0.25, 0.3) is 0 Å². The minimum absolute atomic E-state index is 0.0327. The fourth-order valence-electron chi connectivity index (χ4n) is 5.87. The number of rotatable bonds is 12. The first-order valence-electron chi connectivity index (χ1n) is 16.0. The Labute approximate surface area is 288 Å². The van der Waals surface area contributed by atoms with Crippen LogP contribution in [-0.2, 0) is 20.7 Å². The summed E-state index contributed by atoms with van der Waals surface area (Å²) in [7, 11) is 1.25. The number of halogens is 3. The van der Waals surface area contributed by atoms with E-state index < -0.39 is 35.7 Å². The molecule has 2 heterocycles. The van der Waals surface area contributed by atoms with Crippen molar-refractivity contribution in [2.24, 2.45) is 4.99 Å². The lowest BCUT2D eigenvalue weighted by molar-refractivity contribution is -0.118. The number of methoxy groups -OCH3 is 1.